The molecule has 2 amide bonds. The van der Waals surface area contributed by atoms with E-state index in [4.69, 9.17) is 0 Å². The molecule has 0 aliphatic rings. The van der Waals surface area contributed by atoms with E-state index in [1.54, 1.807) is 31.3 Å². The summed E-state index contributed by atoms with van der Waals surface area (Å²) in [7, 11) is 1.56. The molecule has 0 spiro atoms. The molecule has 23 heavy (non-hydrogen) atoms. The van der Waals surface area contributed by atoms with Crippen LogP contribution in [0, 0.1) is 0 Å². The van der Waals surface area contributed by atoms with Gasteiger partial charge >= 0.3 is 0 Å². The Morgan fingerprint density at radius 2 is 1.96 bits per heavy atom. The van der Waals surface area contributed by atoms with Crippen LogP contribution < -0.4 is 10.6 Å². The van der Waals surface area contributed by atoms with Crippen LogP contribution >= 0.6 is 0 Å². The molecule has 0 saturated heterocycles. The summed E-state index contributed by atoms with van der Waals surface area (Å²) in [6.45, 7) is 0.0463. The van der Waals surface area contributed by atoms with Gasteiger partial charge in [-0.2, -0.15) is 0 Å². The molecule has 116 valence electrons. The highest BCUT2D eigenvalue weighted by molar-refractivity contribution is 5.97. The summed E-state index contributed by atoms with van der Waals surface area (Å²) in [5.41, 5.74) is 2.57. The number of nitrogens with one attached hydrogen (secondary N) is 2. The van der Waals surface area contributed by atoms with Crippen LogP contribution in [0.2, 0.25) is 0 Å². The fourth-order valence-electron chi connectivity index (χ4n) is 2.25. The van der Waals surface area contributed by atoms with Crippen LogP contribution in [0.25, 0.3) is 11.0 Å². The van der Waals surface area contributed by atoms with Crippen molar-refractivity contribution in [2.75, 3.05) is 12.4 Å². The van der Waals surface area contributed by atoms with E-state index in [2.05, 4.69) is 20.9 Å². The zero-order chi connectivity index (χ0) is 16.2. The molecule has 7 nitrogen and oxygen atoms in total. The number of nitrogens with zero attached hydrogens (tertiary/aromatic N) is 3. The second kappa shape index (κ2) is 6.27. The van der Waals surface area contributed by atoms with Gasteiger partial charge < -0.3 is 10.6 Å². The molecule has 7 heteroatoms. The molecule has 0 aliphatic heterocycles. The number of carbonyl (C=O) groups excluding carboxylic acids is 2. The minimum Gasteiger partial charge on any atom is -0.355 e. The van der Waals surface area contributed by atoms with Crippen LogP contribution in [0.1, 0.15) is 10.4 Å². The number of fused-ring (bicyclic) bond motifs is 1. The molecule has 0 aliphatic carbocycles. The van der Waals surface area contributed by atoms with E-state index >= 15 is 0 Å². The summed E-state index contributed by atoms with van der Waals surface area (Å²) in [4.78, 5) is 23.8. The van der Waals surface area contributed by atoms with Crippen molar-refractivity contribution >= 4 is 28.5 Å². The number of amides is 2. The second-order valence-electron chi connectivity index (χ2n) is 4.94. The number of anilines is 1. The molecule has 3 rings (SSSR count). The predicted octanol–water partition coefficient (Wildman–Crippen LogP) is 1.43. The number of aromatic nitrogens is 3. The standard InChI is InChI=1S/C16H15N5O2/c1-17-16(23)11-5-4-6-12(9-11)18-15(22)10-21-14-8-3-2-7-13(14)19-20-21/h2-9H,10H2,1H3,(H,17,23)(H,18,22). The first-order valence-electron chi connectivity index (χ1n) is 7.07. The maximum absolute atomic E-state index is 12.2. The molecule has 1 heterocycles. The number of benzene rings is 2. The number of rotatable bonds is 4. The molecule has 0 atom stereocenters. The van der Waals surface area contributed by atoms with Crippen LogP contribution in [0.3, 0.4) is 0 Å². The quantitative estimate of drug-likeness (QED) is 0.763. The minimum absolute atomic E-state index is 0.0463. The molecule has 2 aromatic carbocycles. The summed E-state index contributed by atoms with van der Waals surface area (Å²) >= 11 is 0. The summed E-state index contributed by atoms with van der Waals surface area (Å²) in [6.07, 6.45) is 0. The van der Waals surface area contributed by atoms with Gasteiger partial charge in [0.25, 0.3) is 5.91 Å². The van der Waals surface area contributed by atoms with Crippen molar-refractivity contribution in [3.8, 4) is 0 Å². The Bertz CT molecular complexity index is 872. The number of para-hydroxylation sites is 1. The van der Waals surface area contributed by atoms with Gasteiger partial charge in [0, 0.05) is 18.3 Å². The van der Waals surface area contributed by atoms with Crippen molar-refractivity contribution in [1.82, 2.24) is 20.3 Å². The summed E-state index contributed by atoms with van der Waals surface area (Å²) in [6, 6.07) is 14.2. The summed E-state index contributed by atoms with van der Waals surface area (Å²) < 4.78 is 1.53. The van der Waals surface area contributed by atoms with E-state index in [0.29, 0.717) is 11.3 Å². The highest BCUT2D eigenvalue weighted by atomic mass is 16.2. The van der Waals surface area contributed by atoms with Crippen LogP contribution in [0.15, 0.2) is 48.5 Å². The number of carbonyl (C=O) groups is 2. The minimum atomic E-state index is -0.241. The number of hydrogen-bond donors (Lipinski definition) is 2. The Kier molecular flexibility index (Phi) is 4.01. The molecule has 2 N–H and O–H groups in total. The Morgan fingerprint density at radius 3 is 2.78 bits per heavy atom. The Labute approximate surface area is 132 Å². The van der Waals surface area contributed by atoms with Crippen molar-refractivity contribution in [1.29, 1.82) is 0 Å². The molecule has 0 bridgehead atoms. The lowest BCUT2D eigenvalue weighted by Gasteiger charge is -2.07. The van der Waals surface area contributed by atoms with Gasteiger partial charge in [0.1, 0.15) is 12.1 Å². The fraction of sp³-hybridized carbons (Fsp3) is 0.125. The van der Waals surface area contributed by atoms with Gasteiger partial charge in [-0.15, -0.1) is 5.10 Å². The highest BCUT2D eigenvalue weighted by Gasteiger charge is 2.10. The lowest BCUT2D eigenvalue weighted by molar-refractivity contribution is -0.116. The van der Waals surface area contributed by atoms with Gasteiger partial charge in [-0.25, -0.2) is 4.68 Å². The SMILES string of the molecule is CNC(=O)c1cccc(NC(=O)Cn2nnc3ccccc32)c1. The van der Waals surface area contributed by atoms with E-state index in [9.17, 15) is 9.59 Å². The smallest absolute Gasteiger partial charge is 0.251 e. The second-order valence-corrected chi connectivity index (χ2v) is 4.94. The van der Waals surface area contributed by atoms with Crippen molar-refractivity contribution in [2.45, 2.75) is 6.54 Å². The lowest BCUT2D eigenvalue weighted by atomic mass is 10.2. The normalized spacial score (nSPS) is 10.5. The van der Waals surface area contributed by atoms with Gasteiger partial charge in [-0.3, -0.25) is 9.59 Å². The summed E-state index contributed by atoms with van der Waals surface area (Å²) in [5.74, 6) is -0.446. The van der Waals surface area contributed by atoms with E-state index < -0.39 is 0 Å². The van der Waals surface area contributed by atoms with E-state index in [1.807, 2.05) is 24.3 Å². The fourth-order valence-corrected chi connectivity index (χ4v) is 2.25. The first-order valence-corrected chi connectivity index (χ1v) is 7.07. The van der Waals surface area contributed by atoms with Crippen molar-refractivity contribution in [2.24, 2.45) is 0 Å². The van der Waals surface area contributed by atoms with Crippen LogP contribution in [0.5, 0.6) is 0 Å². The Balaban J connectivity index is 1.73. The van der Waals surface area contributed by atoms with Crippen molar-refractivity contribution in [3.05, 3.63) is 54.1 Å². The zero-order valence-corrected chi connectivity index (χ0v) is 12.5. The highest BCUT2D eigenvalue weighted by Crippen LogP contribution is 2.12. The molecule has 0 unspecified atom stereocenters. The van der Waals surface area contributed by atoms with E-state index in [1.165, 1.54) is 4.68 Å². The topological polar surface area (TPSA) is 88.9 Å². The molecule has 3 aromatic rings. The summed E-state index contributed by atoms with van der Waals surface area (Å²) in [5, 5.41) is 13.3. The largest absolute Gasteiger partial charge is 0.355 e. The van der Waals surface area contributed by atoms with Crippen molar-refractivity contribution in [3.63, 3.8) is 0 Å². The Morgan fingerprint density at radius 1 is 1.13 bits per heavy atom. The van der Waals surface area contributed by atoms with Crippen LogP contribution in [0.4, 0.5) is 5.69 Å². The van der Waals surface area contributed by atoms with Gasteiger partial charge in [0.05, 0.1) is 5.52 Å². The van der Waals surface area contributed by atoms with Gasteiger partial charge in [-0.05, 0) is 30.3 Å². The molecule has 0 saturated carbocycles. The van der Waals surface area contributed by atoms with Crippen molar-refractivity contribution < 1.29 is 9.59 Å². The van der Waals surface area contributed by atoms with Crippen LogP contribution in [-0.4, -0.2) is 33.9 Å². The number of hydrogen-bond acceptors (Lipinski definition) is 4. The third-order valence-corrected chi connectivity index (χ3v) is 3.35. The molecule has 1 aromatic heterocycles. The Hall–Kier alpha value is -3.22. The molecule has 0 radical (unpaired) electrons. The molecule has 0 fully saturated rings. The predicted molar refractivity (Wildman–Crippen MR) is 86.0 cm³/mol. The van der Waals surface area contributed by atoms with Gasteiger partial charge in [0.2, 0.25) is 5.91 Å². The first-order chi connectivity index (χ1) is 11.2. The third-order valence-electron chi connectivity index (χ3n) is 3.35. The maximum Gasteiger partial charge on any atom is 0.251 e. The molecular weight excluding hydrogens is 294 g/mol. The van der Waals surface area contributed by atoms with Crippen LogP contribution in [-0.2, 0) is 11.3 Å². The lowest BCUT2D eigenvalue weighted by Crippen LogP contribution is -2.21. The average molecular weight is 309 g/mol. The van der Waals surface area contributed by atoms with Gasteiger partial charge in [-0.1, -0.05) is 23.4 Å². The zero-order valence-electron chi connectivity index (χ0n) is 12.5. The molecular formula is C16H15N5O2. The third kappa shape index (κ3) is 3.18. The van der Waals surface area contributed by atoms with Gasteiger partial charge in [0.15, 0.2) is 0 Å². The van der Waals surface area contributed by atoms with E-state index in [0.717, 1.165) is 11.0 Å². The monoisotopic (exact) mass is 309 g/mol. The van der Waals surface area contributed by atoms with E-state index in [-0.39, 0.29) is 18.4 Å². The maximum atomic E-state index is 12.2. The average Bonchev–Trinajstić information content (AvgIpc) is 2.97. The first kappa shape index (κ1) is 14.7.